The molecular formula is C41H68O10. The lowest BCUT2D eigenvalue weighted by atomic mass is 9.99. The lowest BCUT2D eigenvalue weighted by Crippen LogP contribution is -2.59. The lowest BCUT2D eigenvalue weighted by Gasteiger charge is -2.39. The largest absolute Gasteiger partial charge is 0.462 e. The van der Waals surface area contributed by atoms with Gasteiger partial charge in [0.05, 0.1) is 13.2 Å². The number of hydrogen-bond acceptors (Lipinski definition) is 10. The molecule has 0 amide bonds. The van der Waals surface area contributed by atoms with E-state index in [0.717, 1.165) is 70.6 Å². The minimum Gasteiger partial charge on any atom is -0.462 e. The maximum atomic E-state index is 12.7. The highest BCUT2D eigenvalue weighted by atomic mass is 16.7. The third kappa shape index (κ3) is 24.3. The first-order valence-electron chi connectivity index (χ1n) is 19.4. The first-order valence-corrected chi connectivity index (χ1v) is 19.4. The van der Waals surface area contributed by atoms with Crippen LogP contribution in [0.2, 0.25) is 0 Å². The van der Waals surface area contributed by atoms with Crippen LogP contribution in [-0.2, 0) is 28.5 Å². The summed E-state index contributed by atoms with van der Waals surface area (Å²) in [5, 5.41) is 39.9. The quantitative estimate of drug-likeness (QED) is 0.0344. The van der Waals surface area contributed by atoms with E-state index in [1.807, 2.05) is 0 Å². The number of allylic oxidation sites excluding steroid dienone is 10. The minimum atomic E-state index is -1.60. The van der Waals surface area contributed by atoms with Gasteiger partial charge in [-0.25, -0.2) is 0 Å². The molecule has 0 aromatic heterocycles. The van der Waals surface area contributed by atoms with Crippen molar-refractivity contribution in [1.82, 2.24) is 0 Å². The van der Waals surface area contributed by atoms with Gasteiger partial charge in [0.15, 0.2) is 12.4 Å². The van der Waals surface area contributed by atoms with E-state index in [-0.39, 0.29) is 26.1 Å². The summed E-state index contributed by atoms with van der Waals surface area (Å²) in [5.41, 5.74) is 0. The van der Waals surface area contributed by atoms with Crippen LogP contribution in [0.4, 0.5) is 0 Å². The molecule has 1 aliphatic heterocycles. The van der Waals surface area contributed by atoms with E-state index in [1.54, 1.807) is 0 Å². The maximum Gasteiger partial charge on any atom is 0.306 e. The lowest BCUT2D eigenvalue weighted by molar-refractivity contribution is -0.305. The number of carbonyl (C=O) groups is 2. The molecule has 6 atom stereocenters. The molecule has 1 aliphatic rings. The maximum absolute atomic E-state index is 12.7. The second kappa shape index (κ2) is 32.1. The van der Waals surface area contributed by atoms with E-state index in [2.05, 4.69) is 74.6 Å². The van der Waals surface area contributed by atoms with Gasteiger partial charge in [-0.1, -0.05) is 100 Å². The molecule has 0 spiro atoms. The van der Waals surface area contributed by atoms with E-state index in [9.17, 15) is 30.0 Å². The molecule has 1 rings (SSSR count). The van der Waals surface area contributed by atoms with Gasteiger partial charge < -0.3 is 39.4 Å². The van der Waals surface area contributed by atoms with Crippen molar-refractivity contribution in [2.75, 3.05) is 19.8 Å². The van der Waals surface area contributed by atoms with Crippen molar-refractivity contribution in [2.24, 2.45) is 0 Å². The molecule has 0 saturated carbocycles. The van der Waals surface area contributed by atoms with Crippen LogP contribution >= 0.6 is 0 Å². The Hall–Kier alpha value is -2.60. The second-order valence-electron chi connectivity index (χ2n) is 13.0. The third-order valence-corrected chi connectivity index (χ3v) is 8.39. The topological polar surface area (TPSA) is 152 Å². The molecule has 0 aromatic carbocycles. The van der Waals surface area contributed by atoms with Gasteiger partial charge >= 0.3 is 11.9 Å². The van der Waals surface area contributed by atoms with E-state index in [1.165, 1.54) is 19.3 Å². The van der Waals surface area contributed by atoms with Crippen LogP contribution in [0.25, 0.3) is 0 Å². The SMILES string of the molecule is CC/C=C\C/C=C\C/C=C\CCCCCC(=O)OC[C@@H](CO[C@@H]1O[C@H](CO)[C@H](O)[C@H](O)[C@H]1O)OC(=O)CCCCC/C=C\C/C=C\CCCCC. The highest BCUT2D eigenvalue weighted by Crippen LogP contribution is 2.22. The zero-order chi connectivity index (χ0) is 37.4. The Morgan fingerprint density at radius 1 is 0.627 bits per heavy atom. The fraction of sp³-hybridized carbons (Fsp3) is 0.707. The van der Waals surface area contributed by atoms with E-state index in [4.69, 9.17) is 18.9 Å². The molecule has 0 aromatic rings. The van der Waals surface area contributed by atoms with Gasteiger partial charge in [0, 0.05) is 12.8 Å². The number of ether oxygens (including phenoxy) is 4. The molecule has 10 heteroatoms. The van der Waals surface area contributed by atoms with Crippen molar-refractivity contribution < 1.29 is 49.0 Å². The Balaban J connectivity index is 2.45. The molecule has 0 unspecified atom stereocenters. The van der Waals surface area contributed by atoms with E-state index >= 15 is 0 Å². The predicted octanol–water partition coefficient (Wildman–Crippen LogP) is 7.10. The zero-order valence-corrected chi connectivity index (χ0v) is 31.3. The van der Waals surface area contributed by atoms with Gasteiger partial charge in [0.1, 0.15) is 31.0 Å². The van der Waals surface area contributed by atoms with Gasteiger partial charge in [-0.05, 0) is 77.0 Å². The number of hydrogen-bond donors (Lipinski definition) is 4. The molecule has 1 fully saturated rings. The zero-order valence-electron chi connectivity index (χ0n) is 31.3. The van der Waals surface area contributed by atoms with Gasteiger partial charge in [-0.2, -0.15) is 0 Å². The molecule has 1 saturated heterocycles. The number of unbranched alkanes of at least 4 members (excludes halogenated alkanes) is 9. The Labute approximate surface area is 307 Å². The van der Waals surface area contributed by atoms with Gasteiger partial charge in [0.2, 0.25) is 0 Å². The Morgan fingerprint density at radius 3 is 1.71 bits per heavy atom. The predicted molar refractivity (Wildman–Crippen MR) is 201 cm³/mol. The molecule has 10 nitrogen and oxygen atoms in total. The summed E-state index contributed by atoms with van der Waals surface area (Å²) in [7, 11) is 0. The Kier molecular flexibility index (Phi) is 29.2. The molecule has 4 N–H and O–H groups in total. The molecule has 0 bridgehead atoms. The fourth-order valence-corrected chi connectivity index (χ4v) is 5.29. The average Bonchev–Trinajstić information content (AvgIpc) is 3.13. The average molecular weight is 721 g/mol. The number of aliphatic hydroxyl groups excluding tert-OH is 4. The molecule has 292 valence electrons. The van der Waals surface area contributed by atoms with Crippen molar-refractivity contribution in [3.8, 4) is 0 Å². The van der Waals surface area contributed by atoms with Crippen LogP contribution in [0.1, 0.15) is 129 Å². The van der Waals surface area contributed by atoms with Crippen molar-refractivity contribution in [3.05, 3.63) is 60.8 Å². The summed E-state index contributed by atoms with van der Waals surface area (Å²) in [5.74, 6) is -0.879. The number of carbonyl (C=O) groups excluding carboxylic acids is 2. The van der Waals surface area contributed by atoms with Crippen LogP contribution in [0.3, 0.4) is 0 Å². The summed E-state index contributed by atoms with van der Waals surface area (Å²) in [6.45, 7) is 3.18. The van der Waals surface area contributed by atoms with Crippen LogP contribution in [-0.4, -0.2) is 89.0 Å². The molecule has 0 aliphatic carbocycles. The summed E-state index contributed by atoms with van der Waals surface area (Å²) in [4.78, 5) is 25.1. The van der Waals surface area contributed by atoms with E-state index < -0.39 is 55.4 Å². The van der Waals surface area contributed by atoms with Gasteiger partial charge in [-0.15, -0.1) is 0 Å². The number of esters is 2. The summed E-state index contributed by atoms with van der Waals surface area (Å²) < 4.78 is 22.0. The number of rotatable bonds is 30. The normalized spacial score (nSPS) is 21.9. The van der Waals surface area contributed by atoms with Crippen LogP contribution in [0, 0.1) is 0 Å². The van der Waals surface area contributed by atoms with Crippen molar-refractivity contribution >= 4 is 11.9 Å². The van der Waals surface area contributed by atoms with E-state index in [0.29, 0.717) is 12.8 Å². The summed E-state index contributed by atoms with van der Waals surface area (Å²) in [6.07, 6.45) is 29.5. The van der Waals surface area contributed by atoms with Crippen LogP contribution in [0.15, 0.2) is 60.8 Å². The van der Waals surface area contributed by atoms with Crippen LogP contribution in [0.5, 0.6) is 0 Å². The summed E-state index contributed by atoms with van der Waals surface area (Å²) >= 11 is 0. The fourth-order valence-electron chi connectivity index (χ4n) is 5.29. The number of aliphatic hydroxyl groups is 4. The summed E-state index contributed by atoms with van der Waals surface area (Å²) in [6, 6.07) is 0. The molecular weight excluding hydrogens is 652 g/mol. The molecule has 0 radical (unpaired) electrons. The standard InChI is InChI=1S/C41H68O10/c1-3-5-7-9-11-13-15-17-19-21-23-25-27-29-36(43)48-32-34(33-49-41-40(47)39(46)38(45)35(31-42)51-41)50-37(44)30-28-26-24-22-20-18-16-14-12-10-8-6-4-2/h5,7,11-14,17-20,34-35,38-42,45-47H,3-4,6,8-10,15-16,21-33H2,1-2H3/b7-5-,13-11-,14-12-,19-17-,20-18-/t34-,35+,38-,39-,40+,41+/m0/s1. The highest BCUT2D eigenvalue weighted by molar-refractivity contribution is 5.70. The monoisotopic (exact) mass is 720 g/mol. The minimum absolute atomic E-state index is 0.190. The van der Waals surface area contributed by atoms with Crippen molar-refractivity contribution in [3.63, 3.8) is 0 Å². The smallest absolute Gasteiger partial charge is 0.306 e. The van der Waals surface area contributed by atoms with Crippen LogP contribution < -0.4 is 0 Å². The Morgan fingerprint density at radius 2 is 1.16 bits per heavy atom. The first kappa shape index (κ1) is 46.4. The van der Waals surface area contributed by atoms with Crippen molar-refractivity contribution in [2.45, 2.75) is 166 Å². The molecule has 1 heterocycles. The second-order valence-corrected chi connectivity index (χ2v) is 13.0. The Bertz CT molecular complexity index is 1020. The highest BCUT2D eigenvalue weighted by Gasteiger charge is 2.44. The van der Waals surface area contributed by atoms with Crippen molar-refractivity contribution in [1.29, 1.82) is 0 Å². The van der Waals surface area contributed by atoms with Gasteiger partial charge in [-0.3, -0.25) is 9.59 Å². The third-order valence-electron chi connectivity index (χ3n) is 8.39. The molecule has 51 heavy (non-hydrogen) atoms. The first-order chi connectivity index (χ1) is 24.8. The van der Waals surface area contributed by atoms with Gasteiger partial charge in [0.25, 0.3) is 0 Å².